The van der Waals surface area contributed by atoms with Crippen molar-refractivity contribution < 1.29 is 4.79 Å². The van der Waals surface area contributed by atoms with Crippen molar-refractivity contribution in [1.29, 1.82) is 0 Å². The lowest BCUT2D eigenvalue weighted by Gasteiger charge is -2.17. The lowest BCUT2D eigenvalue weighted by molar-refractivity contribution is -0.120. The summed E-state index contributed by atoms with van der Waals surface area (Å²) in [6.45, 7) is 3.94. The zero-order valence-corrected chi connectivity index (χ0v) is 15.2. The smallest absolute Gasteiger partial charge is 0.233 e. The highest BCUT2D eigenvalue weighted by molar-refractivity contribution is 8.00. The number of aryl methyl sites for hydroxylation is 1. The normalized spacial score (nSPS) is 13.5. The summed E-state index contributed by atoms with van der Waals surface area (Å²) in [6, 6.07) is 16.2. The number of pyridine rings is 1. The molecule has 1 aromatic carbocycles. The van der Waals surface area contributed by atoms with Crippen LogP contribution in [0.15, 0.2) is 59.9 Å². The van der Waals surface area contributed by atoms with Gasteiger partial charge in [0.15, 0.2) is 10.8 Å². The van der Waals surface area contributed by atoms with Crippen LogP contribution in [0.3, 0.4) is 0 Å². The highest BCUT2D eigenvalue weighted by atomic mass is 32.2. The third-order valence-corrected chi connectivity index (χ3v) is 5.09. The predicted octanol–water partition coefficient (Wildman–Crippen LogP) is 3.35. The first kappa shape index (κ1) is 17.5. The Labute approximate surface area is 151 Å². The Hall–Kier alpha value is -2.34. The van der Waals surface area contributed by atoms with Crippen LogP contribution in [-0.2, 0) is 11.2 Å². The van der Waals surface area contributed by atoms with Gasteiger partial charge < -0.3 is 5.32 Å². The Kier molecular flexibility index (Phi) is 5.71. The van der Waals surface area contributed by atoms with E-state index in [0.29, 0.717) is 0 Å². The SMILES string of the molecule is C[C@H](Sc1nnc2ccccn12)C(=O)N[C@@H](C)CCc1ccccc1. The van der Waals surface area contributed by atoms with Gasteiger partial charge in [0.25, 0.3) is 0 Å². The summed E-state index contributed by atoms with van der Waals surface area (Å²) in [5, 5.41) is 11.9. The Morgan fingerprint density at radius 3 is 2.68 bits per heavy atom. The molecule has 0 aliphatic rings. The van der Waals surface area contributed by atoms with E-state index in [1.54, 1.807) is 0 Å². The molecule has 2 aromatic heterocycles. The molecule has 3 rings (SSSR count). The second-order valence-corrected chi connectivity index (χ2v) is 7.41. The number of thioether (sulfide) groups is 1. The molecule has 6 heteroatoms. The van der Waals surface area contributed by atoms with Crippen molar-refractivity contribution in [3.05, 3.63) is 60.3 Å². The van der Waals surface area contributed by atoms with Gasteiger partial charge in [0.2, 0.25) is 5.91 Å². The van der Waals surface area contributed by atoms with E-state index in [2.05, 4.69) is 27.6 Å². The lowest BCUT2D eigenvalue weighted by Crippen LogP contribution is -2.37. The number of fused-ring (bicyclic) bond motifs is 1. The van der Waals surface area contributed by atoms with E-state index < -0.39 is 0 Å². The van der Waals surface area contributed by atoms with Crippen LogP contribution in [0.5, 0.6) is 0 Å². The standard InChI is InChI=1S/C19H22N4OS/c1-14(11-12-16-8-4-3-5-9-16)20-18(24)15(2)25-19-22-21-17-10-6-7-13-23(17)19/h3-10,13-15H,11-12H2,1-2H3,(H,20,24)/t14-,15-/m0/s1. The summed E-state index contributed by atoms with van der Waals surface area (Å²) in [5.74, 6) is 0.0262. The van der Waals surface area contributed by atoms with Crippen molar-refractivity contribution in [3.63, 3.8) is 0 Å². The fourth-order valence-corrected chi connectivity index (χ4v) is 3.42. The summed E-state index contributed by atoms with van der Waals surface area (Å²) in [6.07, 6.45) is 3.78. The van der Waals surface area contributed by atoms with Crippen molar-refractivity contribution in [2.45, 2.75) is 43.1 Å². The minimum atomic E-state index is -0.230. The number of carbonyl (C=O) groups excluding carboxylic acids is 1. The second kappa shape index (κ2) is 8.16. The van der Waals surface area contributed by atoms with E-state index in [-0.39, 0.29) is 17.2 Å². The maximum atomic E-state index is 12.4. The molecule has 1 amide bonds. The molecule has 3 aromatic rings. The van der Waals surface area contributed by atoms with Gasteiger partial charge in [-0.05, 0) is 44.4 Å². The number of benzene rings is 1. The van der Waals surface area contributed by atoms with Gasteiger partial charge in [-0.25, -0.2) is 0 Å². The van der Waals surface area contributed by atoms with Crippen molar-refractivity contribution >= 4 is 23.3 Å². The number of hydrogen-bond donors (Lipinski definition) is 1. The fourth-order valence-electron chi connectivity index (χ4n) is 2.57. The van der Waals surface area contributed by atoms with Gasteiger partial charge in [0.05, 0.1) is 5.25 Å². The third kappa shape index (κ3) is 4.60. The Morgan fingerprint density at radius 1 is 1.12 bits per heavy atom. The van der Waals surface area contributed by atoms with Crippen molar-refractivity contribution in [1.82, 2.24) is 19.9 Å². The quantitative estimate of drug-likeness (QED) is 0.661. The number of aromatic nitrogens is 3. The summed E-state index contributed by atoms with van der Waals surface area (Å²) in [7, 11) is 0. The minimum absolute atomic E-state index is 0.0262. The van der Waals surface area contributed by atoms with Gasteiger partial charge in [0, 0.05) is 12.2 Å². The van der Waals surface area contributed by atoms with E-state index in [1.807, 2.05) is 60.8 Å². The van der Waals surface area contributed by atoms with Crippen LogP contribution in [0.2, 0.25) is 0 Å². The average molecular weight is 354 g/mol. The molecule has 2 heterocycles. The lowest BCUT2D eigenvalue weighted by atomic mass is 10.1. The van der Waals surface area contributed by atoms with E-state index in [0.717, 1.165) is 23.6 Å². The molecule has 5 nitrogen and oxygen atoms in total. The number of carbonyl (C=O) groups is 1. The molecule has 0 fully saturated rings. The van der Waals surface area contributed by atoms with Crippen molar-refractivity contribution in [3.8, 4) is 0 Å². The Bertz CT molecular complexity index is 834. The number of nitrogens with one attached hydrogen (secondary N) is 1. The van der Waals surface area contributed by atoms with Crippen LogP contribution < -0.4 is 5.32 Å². The molecule has 0 saturated heterocycles. The Morgan fingerprint density at radius 2 is 1.88 bits per heavy atom. The van der Waals surface area contributed by atoms with E-state index in [4.69, 9.17) is 0 Å². The summed E-state index contributed by atoms with van der Waals surface area (Å²) in [5.41, 5.74) is 2.08. The molecule has 2 atom stereocenters. The molecule has 0 bridgehead atoms. The molecule has 1 N–H and O–H groups in total. The third-order valence-electron chi connectivity index (χ3n) is 4.03. The fraction of sp³-hybridized carbons (Fsp3) is 0.316. The van der Waals surface area contributed by atoms with Gasteiger partial charge in [-0.3, -0.25) is 9.20 Å². The van der Waals surface area contributed by atoms with Gasteiger partial charge in [-0.2, -0.15) is 0 Å². The molecule has 0 radical (unpaired) electrons. The van der Waals surface area contributed by atoms with Crippen LogP contribution in [0.4, 0.5) is 0 Å². The first-order valence-electron chi connectivity index (χ1n) is 8.44. The first-order valence-corrected chi connectivity index (χ1v) is 9.32. The highest BCUT2D eigenvalue weighted by Crippen LogP contribution is 2.22. The molecule has 25 heavy (non-hydrogen) atoms. The van der Waals surface area contributed by atoms with Crippen LogP contribution >= 0.6 is 11.8 Å². The van der Waals surface area contributed by atoms with E-state index >= 15 is 0 Å². The van der Waals surface area contributed by atoms with Crippen LogP contribution in [0.25, 0.3) is 5.65 Å². The van der Waals surface area contributed by atoms with E-state index in [1.165, 1.54) is 17.3 Å². The maximum absolute atomic E-state index is 12.4. The monoisotopic (exact) mass is 354 g/mol. The van der Waals surface area contributed by atoms with Gasteiger partial charge in [-0.15, -0.1) is 10.2 Å². The predicted molar refractivity (Wildman–Crippen MR) is 101 cm³/mol. The molecule has 0 saturated carbocycles. The molecular weight excluding hydrogens is 332 g/mol. The van der Waals surface area contributed by atoms with Gasteiger partial charge in [-0.1, -0.05) is 48.2 Å². The van der Waals surface area contributed by atoms with Crippen LogP contribution in [0.1, 0.15) is 25.8 Å². The van der Waals surface area contributed by atoms with Crippen LogP contribution in [-0.4, -0.2) is 31.8 Å². The number of rotatable bonds is 7. The van der Waals surface area contributed by atoms with E-state index in [9.17, 15) is 4.79 Å². The Balaban J connectivity index is 1.52. The maximum Gasteiger partial charge on any atom is 0.233 e. The first-order chi connectivity index (χ1) is 12.1. The van der Waals surface area contributed by atoms with Crippen molar-refractivity contribution in [2.24, 2.45) is 0 Å². The zero-order chi connectivity index (χ0) is 17.6. The highest BCUT2D eigenvalue weighted by Gasteiger charge is 2.19. The molecule has 0 aliphatic carbocycles. The largest absolute Gasteiger partial charge is 0.353 e. The van der Waals surface area contributed by atoms with Gasteiger partial charge in [0.1, 0.15) is 0 Å². The van der Waals surface area contributed by atoms with Crippen LogP contribution in [0, 0.1) is 0 Å². The number of hydrogen-bond acceptors (Lipinski definition) is 4. The molecule has 0 unspecified atom stereocenters. The summed E-state index contributed by atoms with van der Waals surface area (Å²) >= 11 is 1.42. The molecule has 0 aliphatic heterocycles. The van der Waals surface area contributed by atoms with Crippen molar-refractivity contribution in [2.75, 3.05) is 0 Å². The topological polar surface area (TPSA) is 59.3 Å². The molecular formula is C19H22N4OS. The minimum Gasteiger partial charge on any atom is -0.353 e. The number of nitrogens with zero attached hydrogens (tertiary/aromatic N) is 3. The summed E-state index contributed by atoms with van der Waals surface area (Å²) < 4.78 is 1.90. The van der Waals surface area contributed by atoms with Gasteiger partial charge >= 0.3 is 0 Å². The molecule has 0 spiro atoms. The second-order valence-electron chi connectivity index (χ2n) is 6.11. The number of amides is 1. The summed E-state index contributed by atoms with van der Waals surface area (Å²) in [4.78, 5) is 12.4. The molecule has 130 valence electrons. The average Bonchev–Trinajstić information content (AvgIpc) is 3.04. The zero-order valence-electron chi connectivity index (χ0n) is 14.4.